The Morgan fingerprint density at radius 2 is 1.62 bits per heavy atom. The Bertz CT molecular complexity index is 446. The Labute approximate surface area is 125 Å². The number of aliphatic hydroxyl groups is 1. The van der Waals surface area contributed by atoms with Gasteiger partial charge in [0.1, 0.15) is 0 Å². The number of rotatable bonds is 8. The fraction of sp³-hybridized carbons (Fsp3) is 0.500. The van der Waals surface area contributed by atoms with Gasteiger partial charge in [0.05, 0.1) is 12.6 Å². The lowest BCUT2D eigenvalue weighted by atomic mass is 10.1. The Morgan fingerprint density at radius 3 is 2.14 bits per heavy atom. The zero-order valence-corrected chi connectivity index (χ0v) is 12.6. The van der Waals surface area contributed by atoms with Crippen molar-refractivity contribution in [3.05, 3.63) is 35.9 Å². The molecule has 2 amide bonds. The average Bonchev–Trinajstić information content (AvgIpc) is 2.45. The molecule has 116 valence electrons. The van der Waals surface area contributed by atoms with Gasteiger partial charge < -0.3 is 15.7 Å². The predicted molar refractivity (Wildman–Crippen MR) is 81.5 cm³/mol. The van der Waals surface area contributed by atoms with Crippen LogP contribution in [0.1, 0.15) is 44.7 Å². The molecule has 5 heteroatoms. The monoisotopic (exact) mass is 292 g/mol. The Hall–Kier alpha value is -1.88. The lowest BCUT2D eigenvalue weighted by Gasteiger charge is -2.16. The number of nitrogens with one attached hydrogen (secondary N) is 2. The minimum Gasteiger partial charge on any atom is -0.394 e. The van der Waals surface area contributed by atoms with E-state index in [9.17, 15) is 14.7 Å². The minimum absolute atomic E-state index is 0.0421. The van der Waals surface area contributed by atoms with Crippen LogP contribution >= 0.6 is 0 Å². The molecule has 1 aromatic rings. The van der Waals surface area contributed by atoms with Crippen LogP contribution in [0.4, 0.5) is 0 Å². The molecular weight excluding hydrogens is 268 g/mol. The van der Waals surface area contributed by atoms with E-state index in [4.69, 9.17) is 0 Å². The Balaban J connectivity index is 2.34. The van der Waals surface area contributed by atoms with Crippen molar-refractivity contribution in [2.75, 3.05) is 6.61 Å². The molecule has 0 saturated carbocycles. The summed E-state index contributed by atoms with van der Waals surface area (Å²) in [6, 6.07) is 9.04. The first kappa shape index (κ1) is 17.2. The number of benzene rings is 1. The van der Waals surface area contributed by atoms with Gasteiger partial charge in [-0.1, -0.05) is 30.3 Å². The van der Waals surface area contributed by atoms with Crippen molar-refractivity contribution in [2.45, 2.75) is 45.2 Å². The highest BCUT2D eigenvalue weighted by atomic mass is 16.3. The topological polar surface area (TPSA) is 78.4 Å². The van der Waals surface area contributed by atoms with Crippen molar-refractivity contribution < 1.29 is 14.7 Å². The zero-order chi connectivity index (χ0) is 15.7. The van der Waals surface area contributed by atoms with Crippen LogP contribution in [0.2, 0.25) is 0 Å². The van der Waals surface area contributed by atoms with Crippen molar-refractivity contribution in [3.8, 4) is 0 Å². The summed E-state index contributed by atoms with van der Waals surface area (Å²) >= 11 is 0. The molecule has 1 aromatic carbocycles. The van der Waals surface area contributed by atoms with Crippen molar-refractivity contribution in [3.63, 3.8) is 0 Å². The van der Waals surface area contributed by atoms with Crippen molar-refractivity contribution in [1.29, 1.82) is 0 Å². The molecule has 1 atom stereocenters. The summed E-state index contributed by atoms with van der Waals surface area (Å²) in [5.74, 6) is -0.199. The van der Waals surface area contributed by atoms with Crippen LogP contribution in [-0.4, -0.2) is 29.6 Å². The van der Waals surface area contributed by atoms with Crippen LogP contribution in [0.25, 0.3) is 0 Å². The normalized spacial score (nSPS) is 12.0. The van der Waals surface area contributed by atoms with E-state index in [0.717, 1.165) is 5.56 Å². The number of carbonyl (C=O) groups excluding carboxylic acids is 2. The second kappa shape index (κ2) is 9.13. The Kier molecular flexibility index (Phi) is 7.46. The standard InChI is InChI=1S/C16H24N2O3/c1-12(2)17-15(20)9-6-10-16(21)18-14(11-19)13-7-4-3-5-8-13/h3-5,7-8,12,14,19H,6,9-11H2,1-2H3,(H,17,20)(H,18,21). The van der Waals surface area contributed by atoms with Crippen LogP contribution in [0.3, 0.4) is 0 Å². The van der Waals surface area contributed by atoms with Gasteiger partial charge in [-0.25, -0.2) is 0 Å². The van der Waals surface area contributed by atoms with Crippen molar-refractivity contribution in [1.82, 2.24) is 10.6 Å². The van der Waals surface area contributed by atoms with Gasteiger partial charge in [-0.3, -0.25) is 9.59 Å². The smallest absolute Gasteiger partial charge is 0.220 e. The van der Waals surface area contributed by atoms with Crippen molar-refractivity contribution >= 4 is 11.8 Å². The van der Waals surface area contributed by atoms with Gasteiger partial charge in [0.2, 0.25) is 11.8 Å². The van der Waals surface area contributed by atoms with Gasteiger partial charge in [0, 0.05) is 18.9 Å². The Morgan fingerprint density at radius 1 is 1.05 bits per heavy atom. The van der Waals surface area contributed by atoms with Gasteiger partial charge in [0.25, 0.3) is 0 Å². The zero-order valence-electron chi connectivity index (χ0n) is 12.6. The first-order valence-corrected chi connectivity index (χ1v) is 7.27. The summed E-state index contributed by atoms with van der Waals surface area (Å²) in [6.45, 7) is 3.65. The molecule has 21 heavy (non-hydrogen) atoms. The maximum absolute atomic E-state index is 11.8. The van der Waals surface area contributed by atoms with E-state index in [1.54, 1.807) is 0 Å². The van der Waals surface area contributed by atoms with Crippen LogP contribution in [0.15, 0.2) is 30.3 Å². The molecule has 0 aliphatic heterocycles. The SMILES string of the molecule is CC(C)NC(=O)CCCC(=O)NC(CO)c1ccccc1. The lowest BCUT2D eigenvalue weighted by Crippen LogP contribution is -2.32. The molecule has 3 N–H and O–H groups in total. The van der Waals surface area contributed by atoms with Gasteiger partial charge in [0.15, 0.2) is 0 Å². The first-order chi connectivity index (χ1) is 10.0. The van der Waals surface area contributed by atoms with E-state index < -0.39 is 6.04 Å². The summed E-state index contributed by atoms with van der Waals surface area (Å²) in [5.41, 5.74) is 0.867. The number of amides is 2. The van der Waals surface area contributed by atoms with E-state index in [1.807, 2.05) is 44.2 Å². The van der Waals surface area contributed by atoms with Gasteiger partial charge >= 0.3 is 0 Å². The molecule has 0 fully saturated rings. The summed E-state index contributed by atoms with van der Waals surface area (Å²) < 4.78 is 0. The fourth-order valence-electron chi connectivity index (χ4n) is 1.99. The van der Waals surface area contributed by atoms with E-state index in [0.29, 0.717) is 12.8 Å². The predicted octanol–water partition coefficient (Wildman–Crippen LogP) is 1.53. The van der Waals surface area contributed by atoms with Gasteiger partial charge in [-0.2, -0.15) is 0 Å². The highest BCUT2D eigenvalue weighted by Crippen LogP contribution is 2.12. The third-order valence-corrected chi connectivity index (χ3v) is 2.98. The lowest BCUT2D eigenvalue weighted by molar-refractivity contribution is -0.123. The highest BCUT2D eigenvalue weighted by molar-refractivity contribution is 5.79. The second-order valence-corrected chi connectivity index (χ2v) is 5.29. The fourth-order valence-corrected chi connectivity index (χ4v) is 1.99. The number of hydrogen-bond acceptors (Lipinski definition) is 3. The number of carbonyl (C=O) groups is 2. The molecule has 0 radical (unpaired) electrons. The molecule has 0 aromatic heterocycles. The van der Waals surface area contributed by atoms with Crippen LogP contribution < -0.4 is 10.6 Å². The third kappa shape index (κ3) is 6.90. The van der Waals surface area contributed by atoms with E-state index in [1.165, 1.54) is 0 Å². The maximum Gasteiger partial charge on any atom is 0.220 e. The van der Waals surface area contributed by atoms with Crippen molar-refractivity contribution in [2.24, 2.45) is 0 Å². The van der Waals surface area contributed by atoms with Crippen LogP contribution in [0.5, 0.6) is 0 Å². The molecule has 0 aliphatic carbocycles. The van der Waals surface area contributed by atoms with Gasteiger partial charge in [-0.15, -0.1) is 0 Å². The largest absolute Gasteiger partial charge is 0.394 e. The van der Waals surface area contributed by atoms with E-state index in [2.05, 4.69) is 10.6 Å². The number of hydrogen-bond donors (Lipinski definition) is 3. The molecule has 1 rings (SSSR count). The molecule has 0 aliphatic rings. The molecule has 0 bridgehead atoms. The quantitative estimate of drug-likeness (QED) is 0.680. The molecule has 1 unspecified atom stereocenters. The molecule has 0 spiro atoms. The van der Waals surface area contributed by atoms with E-state index >= 15 is 0 Å². The van der Waals surface area contributed by atoms with Crippen LogP contribution in [0, 0.1) is 0 Å². The average molecular weight is 292 g/mol. The van der Waals surface area contributed by atoms with E-state index in [-0.39, 0.29) is 30.9 Å². The first-order valence-electron chi connectivity index (χ1n) is 7.27. The molecular formula is C16H24N2O3. The summed E-state index contributed by atoms with van der Waals surface area (Å²) in [6.07, 6.45) is 1.10. The minimum atomic E-state index is -0.400. The molecule has 0 heterocycles. The molecule has 5 nitrogen and oxygen atoms in total. The van der Waals surface area contributed by atoms with Crippen LogP contribution in [-0.2, 0) is 9.59 Å². The maximum atomic E-state index is 11.8. The third-order valence-electron chi connectivity index (χ3n) is 2.98. The summed E-state index contributed by atoms with van der Waals surface area (Å²) in [5, 5.41) is 14.9. The van der Waals surface area contributed by atoms with Gasteiger partial charge in [-0.05, 0) is 25.8 Å². The summed E-state index contributed by atoms with van der Waals surface area (Å²) in [4.78, 5) is 23.3. The number of aliphatic hydroxyl groups excluding tert-OH is 1. The molecule has 0 saturated heterocycles. The second-order valence-electron chi connectivity index (χ2n) is 5.29. The summed E-state index contributed by atoms with van der Waals surface area (Å²) in [7, 11) is 0. The highest BCUT2D eigenvalue weighted by Gasteiger charge is 2.13.